The van der Waals surface area contributed by atoms with Crippen molar-refractivity contribution in [3.8, 4) is 0 Å². The van der Waals surface area contributed by atoms with E-state index < -0.39 is 0 Å². The van der Waals surface area contributed by atoms with Gasteiger partial charge in [0.25, 0.3) is 0 Å². The molecule has 1 heterocycles. The van der Waals surface area contributed by atoms with E-state index in [1.54, 1.807) is 0 Å². The zero-order valence-corrected chi connectivity index (χ0v) is 10.2. The van der Waals surface area contributed by atoms with E-state index in [2.05, 4.69) is 37.9 Å². The van der Waals surface area contributed by atoms with E-state index in [4.69, 9.17) is 0 Å². The van der Waals surface area contributed by atoms with Gasteiger partial charge in [-0.1, -0.05) is 13.8 Å². The largest absolute Gasteiger partial charge is 0.314 e. The molecule has 2 heteroatoms. The van der Waals surface area contributed by atoms with Crippen molar-refractivity contribution in [3.63, 3.8) is 0 Å². The summed E-state index contributed by atoms with van der Waals surface area (Å²) in [4.78, 5) is 2.62. The Labute approximate surface area is 89.1 Å². The van der Waals surface area contributed by atoms with Crippen LogP contribution in [0.3, 0.4) is 0 Å². The Kier molecular flexibility index (Phi) is 4.90. The second kappa shape index (κ2) is 5.72. The Morgan fingerprint density at radius 3 is 2.71 bits per heavy atom. The molecule has 1 saturated heterocycles. The Morgan fingerprint density at radius 2 is 2.14 bits per heavy atom. The van der Waals surface area contributed by atoms with Gasteiger partial charge in [0, 0.05) is 18.6 Å². The van der Waals surface area contributed by atoms with Crippen LogP contribution >= 0.6 is 0 Å². The topological polar surface area (TPSA) is 15.3 Å². The minimum atomic E-state index is 0.702. The van der Waals surface area contributed by atoms with Crippen molar-refractivity contribution < 1.29 is 0 Å². The van der Waals surface area contributed by atoms with Crippen LogP contribution < -0.4 is 5.32 Å². The standard InChI is InChI=1S/C12H26N2/c1-5-12-6-7-14(10(2)3)9-11(4)8-13-12/h10-13H,5-9H2,1-4H3. The lowest BCUT2D eigenvalue weighted by molar-refractivity contribution is 0.162. The maximum Gasteiger partial charge on any atom is 0.00767 e. The first-order valence-corrected chi connectivity index (χ1v) is 6.11. The van der Waals surface area contributed by atoms with Gasteiger partial charge in [0.15, 0.2) is 0 Å². The first-order valence-electron chi connectivity index (χ1n) is 6.11. The third kappa shape index (κ3) is 3.58. The lowest BCUT2D eigenvalue weighted by Gasteiger charge is -2.34. The Hall–Kier alpha value is -0.0800. The van der Waals surface area contributed by atoms with Crippen molar-refractivity contribution in [2.45, 2.75) is 52.6 Å². The van der Waals surface area contributed by atoms with Gasteiger partial charge < -0.3 is 10.2 Å². The molecule has 2 nitrogen and oxygen atoms in total. The van der Waals surface area contributed by atoms with Crippen LogP contribution in [-0.2, 0) is 0 Å². The zero-order chi connectivity index (χ0) is 10.6. The molecule has 0 aromatic rings. The number of hydrogen-bond donors (Lipinski definition) is 1. The minimum Gasteiger partial charge on any atom is -0.314 e. The highest BCUT2D eigenvalue weighted by Gasteiger charge is 2.18. The molecule has 0 saturated carbocycles. The molecular formula is C12H26N2. The van der Waals surface area contributed by atoms with Crippen LogP contribution in [0.15, 0.2) is 0 Å². The summed E-state index contributed by atoms with van der Waals surface area (Å²) in [5.41, 5.74) is 0. The van der Waals surface area contributed by atoms with Crippen molar-refractivity contribution >= 4 is 0 Å². The molecule has 0 aromatic carbocycles. The van der Waals surface area contributed by atoms with Gasteiger partial charge in [-0.05, 0) is 45.7 Å². The van der Waals surface area contributed by atoms with Crippen molar-refractivity contribution in [1.82, 2.24) is 10.2 Å². The normalized spacial score (nSPS) is 31.5. The second-order valence-electron chi connectivity index (χ2n) is 5.00. The zero-order valence-electron chi connectivity index (χ0n) is 10.2. The highest BCUT2D eigenvalue weighted by Crippen LogP contribution is 2.11. The number of nitrogens with zero attached hydrogens (tertiary/aromatic N) is 1. The smallest absolute Gasteiger partial charge is 0.00767 e. The van der Waals surface area contributed by atoms with Gasteiger partial charge in [-0.25, -0.2) is 0 Å². The molecule has 14 heavy (non-hydrogen) atoms. The Morgan fingerprint density at radius 1 is 1.43 bits per heavy atom. The molecule has 1 aliphatic rings. The van der Waals surface area contributed by atoms with Gasteiger partial charge in [-0.2, -0.15) is 0 Å². The molecule has 0 aromatic heterocycles. The molecule has 0 bridgehead atoms. The first-order chi connectivity index (χ1) is 6.63. The number of rotatable bonds is 2. The van der Waals surface area contributed by atoms with Gasteiger partial charge in [-0.3, -0.25) is 0 Å². The quantitative estimate of drug-likeness (QED) is 0.731. The van der Waals surface area contributed by atoms with E-state index in [0.29, 0.717) is 6.04 Å². The number of hydrogen-bond acceptors (Lipinski definition) is 2. The van der Waals surface area contributed by atoms with Crippen molar-refractivity contribution in [2.75, 3.05) is 19.6 Å². The van der Waals surface area contributed by atoms with Crippen molar-refractivity contribution in [1.29, 1.82) is 0 Å². The van der Waals surface area contributed by atoms with Gasteiger partial charge in [0.2, 0.25) is 0 Å². The molecule has 0 amide bonds. The lowest BCUT2D eigenvalue weighted by Crippen LogP contribution is -2.45. The minimum absolute atomic E-state index is 0.702. The molecule has 1 N–H and O–H groups in total. The van der Waals surface area contributed by atoms with Crippen LogP contribution in [0.5, 0.6) is 0 Å². The number of nitrogens with one attached hydrogen (secondary N) is 1. The lowest BCUT2D eigenvalue weighted by atomic mass is 10.0. The molecule has 2 atom stereocenters. The second-order valence-corrected chi connectivity index (χ2v) is 5.00. The fourth-order valence-corrected chi connectivity index (χ4v) is 2.17. The van der Waals surface area contributed by atoms with E-state index in [1.165, 1.54) is 32.5 Å². The van der Waals surface area contributed by atoms with Crippen LogP contribution in [0.25, 0.3) is 0 Å². The summed E-state index contributed by atoms with van der Waals surface area (Å²) in [5.74, 6) is 0.784. The monoisotopic (exact) mass is 198 g/mol. The fraction of sp³-hybridized carbons (Fsp3) is 1.00. The van der Waals surface area contributed by atoms with E-state index in [-0.39, 0.29) is 0 Å². The highest BCUT2D eigenvalue weighted by atomic mass is 15.2. The fourth-order valence-electron chi connectivity index (χ4n) is 2.17. The van der Waals surface area contributed by atoms with Crippen LogP contribution in [-0.4, -0.2) is 36.6 Å². The van der Waals surface area contributed by atoms with Gasteiger partial charge in [-0.15, -0.1) is 0 Å². The third-order valence-electron chi connectivity index (χ3n) is 3.29. The van der Waals surface area contributed by atoms with Crippen LogP contribution in [0.4, 0.5) is 0 Å². The van der Waals surface area contributed by atoms with E-state index in [0.717, 1.165) is 12.0 Å². The molecular weight excluding hydrogens is 172 g/mol. The van der Waals surface area contributed by atoms with Gasteiger partial charge in [0.05, 0.1) is 0 Å². The van der Waals surface area contributed by atoms with Gasteiger partial charge in [0.1, 0.15) is 0 Å². The van der Waals surface area contributed by atoms with Gasteiger partial charge >= 0.3 is 0 Å². The molecule has 2 unspecified atom stereocenters. The van der Waals surface area contributed by atoms with Crippen LogP contribution in [0.2, 0.25) is 0 Å². The van der Waals surface area contributed by atoms with E-state index >= 15 is 0 Å². The molecule has 1 aliphatic heterocycles. The molecule has 1 rings (SSSR count). The molecule has 84 valence electrons. The molecule has 0 spiro atoms. The summed E-state index contributed by atoms with van der Waals surface area (Å²) in [6, 6.07) is 1.44. The Bertz CT molecular complexity index is 156. The summed E-state index contributed by atoms with van der Waals surface area (Å²) < 4.78 is 0. The molecule has 0 radical (unpaired) electrons. The van der Waals surface area contributed by atoms with Crippen LogP contribution in [0.1, 0.15) is 40.5 Å². The summed E-state index contributed by atoms with van der Waals surface area (Å²) in [6.07, 6.45) is 2.57. The molecule has 0 aliphatic carbocycles. The first kappa shape index (κ1) is 12.0. The van der Waals surface area contributed by atoms with Crippen molar-refractivity contribution in [3.05, 3.63) is 0 Å². The maximum absolute atomic E-state index is 3.65. The predicted octanol–water partition coefficient (Wildman–Crippen LogP) is 2.10. The third-order valence-corrected chi connectivity index (χ3v) is 3.29. The maximum atomic E-state index is 3.65. The molecule has 1 fully saturated rings. The SMILES string of the molecule is CCC1CCN(C(C)C)CC(C)CN1. The van der Waals surface area contributed by atoms with Crippen LogP contribution in [0, 0.1) is 5.92 Å². The highest BCUT2D eigenvalue weighted by molar-refractivity contribution is 4.76. The predicted molar refractivity (Wildman–Crippen MR) is 62.6 cm³/mol. The Balaban J connectivity index is 2.47. The summed E-state index contributed by atoms with van der Waals surface area (Å²) in [7, 11) is 0. The average molecular weight is 198 g/mol. The average Bonchev–Trinajstić information content (AvgIpc) is 2.11. The summed E-state index contributed by atoms with van der Waals surface area (Å²) in [6.45, 7) is 12.9. The summed E-state index contributed by atoms with van der Waals surface area (Å²) in [5, 5.41) is 3.65. The van der Waals surface area contributed by atoms with Crippen molar-refractivity contribution in [2.24, 2.45) is 5.92 Å². The van der Waals surface area contributed by atoms with E-state index in [9.17, 15) is 0 Å². The summed E-state index contributed by atoms with van der Waals surface area (Å²) >= 11 is 0. The van der Waals surface area contributed by atoms with E-state index in [1.807, 2.05) is 0 Å².